The van der Waals surface area contributed by atoms with E-state index in [4.69, 9.17) is 5.11 Å². The Kier molecular flexibility index (Phi) is 4.42. The fraction of sp³-hybridized carbons (Fsp3) is 0.400. The smallest absolute Gasteiger partial charge is 0.0954 e. The minimum absolute atomic E-state index is 0.119. The molecule has 0 fully saturated rings. The molecule has 1 aromatic rings. The number of likely N-dealkylation sites (N-methyl/N-ethyl adjacent to an activating group) is 1. The van der Waals surface area contributed by atoms with E-state index in [1.54, 1.807) is 0 Å². The van der Waals surface area contributed by atoms with Crippen molar-refractivity contribution in [1.29, 1.82) is 0 Å². The molecule has 0 atom stereocenters. The molecule has 2 nitrogen and oxygen atoms in total. The molecule has 1 aromatic carbocycles. The monoisotopic (exact) mass is 243 g/mol. The Morgan fingerprint density at radius 1 is 1.46 bits per heavy atom. The van der Waals surface area contributed by atoms with Gasteiger partial charge < -0.3 is 5.11 Å². The Morgan fingerprint density at radius 3 is 2.85 bits per heavy atom. The van der Waals surface area contributed by atoms with Gasteiger partial charge >= 0.3 is 0 Å². The zero-order chi connectivity index (χ0) is 9.68. The van der Waals surface area contributed by atoms with Crippen LogP contribution in [0, 0.1) is 0 Å². The molecule has 3 heteroatoms. The van der Waals surface area contributed by atoms with Crippen LogP contribution in [0.4, 0.5) is 0 Å². The Balaban J connectivity index is 2.45. The molecule has 0 aliphatic rings. The lowest BCUT2D eigenvalue weighted by atomic mass is 10.1. The molecule has 0 spiro atoms. The molecule has 72 valence electrons. The van der Waals surface area contributed by atoms with Crippen LogP contribution in [-0.4, -0.2) is 30.3 Å². The molecule has 1 rings (SSSR count). The summed E-state index contributed by atoms with van der Waals surface area (Å²) in [5.41, 5.74) is 1.29. The van der Waals surface area contributed by atoms with Gasteiger partial charge in [0.25, 0.3) is 0 Å². The molecule has 0 aliphatic carbocycles. The number of hydrogen-bond donors (Lipinski definition) is 1. The van der Waals surface area contributed by atoms with Gasteiger partial charge in [0.2, 0.25) is 0 Å². The molecule has 0 radical (unpaired) electrons. The van der Waals surface area contributed by atoms with Crippen molar-refractivity contribution in [3.8, 4) is 0 Å². The van der Waals surface area contributed by atoms with E-state index in [0.717, 1.165) is 17.4 Å². The summed E-state index contributed by atoms with van der Waals surface area (Å²) in [6.07, 6.45) is 0.969. The number of halogens is 1. The van der Waals surface area contributed by atoms with Crippen molar-refractivity contribution in [1.82, 2.24) is 4.90 Å². The highest BCUT2D eigenvalue weighted by Gasteiger charge is 1.97. The minimum atomic E-state index is 0.119. The largest absolute Gasteiger partial charge is 0.381 e. The van der Waals surface area contributed by atoms with Gasteiger partial charge in [0.15, 0.2) is 0 Å². The van der Waals surface area contributed by atoms with Crippen LogP contribution >= 0.6 is 15.9 Å². The molecule has 1 N–H and O–H groups in total. The van der Waals surface area contributed by atoms with Crippen molar-refractivity contribution < 1.29 is 5.11 Å². The summed E-state index contributed by atoms with van der Waals surface area (Å²) in [6.45, 7) is 1.00. The fourth-order valence-corrected chi connectivity index (χ4v) is 1.53. The molecule has 0 saturated carbocycles. The predicted octanol–water partition coefficient (Wildman–Crippen LogP) is 1.87. The number of aliphatic hydroxyl groups excluding tert-OH is 1. The first kappa shape index (κ1) is 10.7. The number of benzene rings is 1. The normalized spacial score (nSPS) is 10.8. The molecule has 0 aromatic heterocycles. The topological polar surface area (TPSA) is 23.5 Å². The molecule has 0 saturated heterocycles. The SMILES string of the molecule is CN(CO)CCc1cccc(Br)c1. The van der Waals surface area contributed by atoms with Gasteiger partial charge in [-0.3, -0.25) is 4.90 Å². The average molecular weight is 244 g/mol. The van der Waals surface area contributed by atoms with Crippen molar-refractivity contribution >= 4 is 15.9 Å². The van der Waals surface area contributed by atoms with Gasteiger partial charge in [-0.2, -0.15) is 0 Å². The molecule has 0 amide bonds. The quantitative estimate of drug-likeness (QED) is 0.817. The second-order valence-electron chi connectivity index (χ2n) is 3.10. The average Bonchev–Trinajstić information content (AvgIpc) is 2.14. The van der Waals surface area contributed by atoms with Crippen molar-refractivity contribution in [3.63, 3.8) is 0 Å². The molecular weight excluding hydrogens is 230 g/mol. The van der Waals surface area contributed by atoms with Crippen molar-refractivity contribution in [2.45, 2.75) is 6.42 Å². The first-order chi connectivity index (χ1) is 6.22. The van der Waals surface area contributed by atoms with E-state index in [-0.39, 0.29) is 6.73 Å². The van der Waals surface area contributed by atoms with Gasteiger partial charge in [-0.05, 0) is 31.2 Å². The first-order valence-corrected chi connectivity index (χ1v) is 5.05. The summed E-state index contributed by atoms with van der Waals surface area (Å²) >= 11 is 3.42. The molecule has 13 heavy (non-hydrogen) atoms. The summed E-state index contributed by atoms with van der Waals surface area (Å²) in [5, 5.41) is 8.78. The van der Waals surface area contributed by atoms with Gasteiger partial charge in [0, 0.05) is 11.0 Å². The summed E-state index contributed by atoms with van der Waals surface area (Å²) in [4.78, 5) is 1.88. The molecule has 0 unspecified atom stereocenters. The number of rotatable bonds is 4. The van der Waals surface area contributed by atoms with Gasteiger partial charge in [-0.25, -0.2) is 0 Å². The van der Waals surface area contributed by atoms with E-state index in [9.17, 15) is 0 Å². The highest BCUT2D eigenvalue weighted by Crippen LogP contribution is 2.11. The fourth-order valence-electron chi connectivity index (χ4n) is 1.08. The molecule has 0 aliphatic heterocycles. The third kappa shape index (κ3) is 3.89. The Bertz CT molecular complexity index is 265. The standard InChI is InChI=1S/C10H14BrNO/c1-12(8-13)6-5-9-3-2-4-10(11)7-9/h2-4,7,13H,5-6,8H2,1H3. The zero-order valence-electron chi connectivity index (χ0n) is 7.70. The second kappa shape index (κ2) is 5.37. The van der Waals surface area contributed by atoms with E-state index >= 15 is 0 Å². The van der Waals surface area contributed by atoms with Crippen LogP contribution in [0.25, 0.3) is 0 Å². The predicted molar refractivity (Wildman–Crippen MR) is 57.6 cm³/mol. The van der Waals surface area contributed by atoms with Crippen LogP contribution in [-0.2, 0) is 6.42 Å². The summed E-state index contributed by atoms with van der Waals surface area (Å²) in [7, 11) is 1.90. The second-order valence-corrected chi connectivity index (χ2v) is 4.02. The Hall–Kier alpha value is -0.380. The van der Waals surface area contributed by atoms with Crippen LogP contribution in [0.5, 0.6) is 0 Å². The van der Waals surface area contributed by atoms with E-state index in [2.05, 4.69) is 28.1 Å². The van der Waals surface area contributed by atoms with Gasteiger partial charge in [-0.1, -0.05) is 28.1 Å². The molecular formula is C10H14BrNO. The number of hydrogen-bond acceptors (Lipinski definition) is 2. The highest BCUT2D eigenvalue weighted by atomic mass is 79.9. The summed E-state index contributed by atoms with van der Waals surface area (Å²) in [6, 6.07) is 8.23. The van der Waals surface area contributed by atoms with Crippen molar-refractivity contribution in [2.24, 2.45) is 0 Å². The molecule has 0 bridgehead atoms. The molecule has 0 heterocycles. The summed E-state index contributed by atoms with van der Waals surface area (Å²) < 4.78 is 1.11. The lowest BCUT2D eigenvalue weighted by Crippen LogP contribution is -2.21. The van der Waals surface area contributed by atoms with E-state index in [0.29, 0.717) is 0 Å². The minimum Gasteiger partial charge on any atom is -0.381 e. The van der Waals surface area contributed by atoms with E-state index in [1.165, 1.54) is 5.56 Å². The third-order valence-corrected chi connectivity index (χ3v) is 2.41. The van der Waals surface area contributed by atoms with E-state index < -0.39 is 0 Å². The summed E-state index contributed by atoms with van der Waals surface area (Å²) in [5.74, 6) is 0. The highest BCUT2D eigenvalue weighted by molar-refractivity contribution is 9.10. The van der Waals surface area contributed by atoms with Crippen LogP contribution in [0.1, 0.15) is 5.56 Å². The third-order valence-electron chi connectivity index (χ3n) is 1.91. The van der Waals surface area contributed by atoms with E-state index in [1.807, 2.05) is 24.1 Å². The number of aliphatic hydroxyl groups is 1. The van der Waals surface area contributed by atoms with Crippen LogP contribution < -0.4 is 0 Å². The maximum Gasteiger partial charge on any atom is 0.0954 e. The van der Waals surface area contributed by atoms with Crippen LogP contribution in [0.2, 0.25) is 0 Å². The lowest BCUT2D eigenvalue weighted by molar-refractivity contribution is 0.134. The Morgan fingerprint density at radius 2 is 2.23 bits per heavy atom. The Labute approximate surface area is 87.3 Å². The van der Waals surface area contributed by atoms with Gasteiger partial charge in [0.1, 0.15) is 0 Å². The first-order valence-electron chi connectivity index (χ1n) is 4.26. The number of nitrogens with zero attached hydrogens (tertiary/aromatic N) is 1. The van der Waals surface area contributed by atoms with Gasteiger partial charge in [-0.15, -0.1) is 0 Å². The zero-order valence-corrected chi connectivity index (χ0v) is 9.29. The maximum absolute atomic E-state index is 8.78. The van der Waals surface area contributed by atoms with Crippen LogP contribution in [0.15, 0.2) is 28.7 Å². The van der Waals surface area contributed by atoms with Gasteiger partial charge in [0.05, 0.1) is 6.73 Å². The van der Waals surface area contributed by atoms with Crippen molar-refractivity contribution in [2.75, 3.05) is 20.3 Å². The lowest BCUT2D eigenvalue weighted by Gasteiger charge is -2.12. The maximum atomic E-state index is 8.78. The van der Waals surface area contributed by atoms with Crippen molar-refractivity contribution in [3.05, 3.63) is 34.3 Å². The van der Waals surface area contributed by atoms with Crippen LogP contribution in [0.3, 0.4) is 0 Å².